The van der Waals surface area contributed by atoms with E-state index in [-0.39, 0.29) is 18.4 Å². The molecule has 0 saturated carbocycles. The molecule has 0 atom stereocenters. The van der Waals surface area contributed by atoms with Crippen LogP contribution in [0, 0.1) is 0 Å². The van der Waals surface area contributed by atoms with E-state index in [1.807, 2.05) is 19.1 Å². The van der Waals surface area contributed by atoms with Crippen molar-refractivity contribution in [1.29, 1.82) is 0 Å². The molecular weight excluding hydrogens is 266 g/mol. The van der Waals surface area contributed by atoms with E-state index >= 15 is 0 Å². The molecule has 0 fully saturated rings. The molecular formula is C17H23NO3. The van der Waals surface area contributed by atoms with Crippen LogP contribution in [-0.4, -0.2) is 37.0 Å². The Kier molecular flexibility index (Phi) is 5.37. The number of esters is 1. The highest BCUT2D eigenvalue weighted by Gasteiger charge is 2.20. The molecule has 0 saturated heterocycles. The second kappa shape index (κ2) is 7.25. The van der Waals surface area contributed by atoms with Gasteiger partial charge in [0.1, 0.15) is 6.54 Å². The lowest BCUT2D eigenvalue weighted by atomic mass is 9.90. The summed E-state index contributed by atoms with van der Waals surface area (Å²) in [4.78, 5) is 25.6. The van der Waals surface area contributed by atoms with E-state index in [1.54, 1.807) is 4.90 Å². The van der Waals surface area contributed by atoms with E-state index in [0.717, 1.165) is 19.3 Å². The number of amides is 1. The zero-order chi connectivity index (χ0) is 15.2. The molecule has 0 bridgehead atoms. The third kappa shape index (κ3) is 3.84. The molecule has 2 rings (SSSR count). The van der Waals surface area contributed by atoms with E-state index in [0.29, 0.717) is 12.1 Å². The molecule has 0 N–H and O–H groups in total. The molecule has 4 nitrogen and oxygen atoms in total. The maximum Gasteiger partial charge on any atom is 0.325 e. The van der Waals surface area contributed by atoms with Gasteiger partial charge in [-0.15, -0.1) is 0 Å². The Morgan fingerprint density at radius 3 is 2.57 bits per heavy atom. The van der Waals surface area contributed by atoms with E-state index < -0.39 is 0 Å². The zero-order valence-electron chi connectivity index (χ0n) is 12.9. The Hall–Kier alpha value is -1.84. The largest absolute Gasteiger partial charge is 0.468 e. The highest BCUT2D eigenvalue weighted by molar-refractivity contribution is 5.96. The Morgan fingerprint density at radius 1 is 1.19 bits per heavy atom. The quantitative estimate of drug-likeness (QED) is 0.783. The van der Waals surface area contributed by atoms with Crippen LogP contribution in [0.3, 0.4) is 0 Å². The summed E-state index contributed by atoms with van der Waals surface area (Å²) in [5.41, 5.74) is 3.31. The van der Waals surface area contributed by atoms with Crippen LogP contribution in [0.25, 0.3) is 0 Å². The minimum atomic E-state index is -0.380. The van der Waals surface area contributed by atoms with Crippen LogP contribution >= 0.6 is 0 Å². The topological polar surface area (TPSA) is 46.6 Å². The molecule has 114 valence electrons. The van der Waals surface area contributed by atoms with Gasteiger partial charge in [-0.3, -0.25) is 9.59 Å². The first-order valence-corrected chi connectivity index (χ1v) is 7.63. The van der Waals surface area contributed by atoms with Crippen LogP contribution in [0.2, 0.25) is 0 Å². The molecule has 1 aromatic rings. The van der Waals surface area contributed by atoms with Crippen LogP contribution in [0.1, 0.15) is 47.7 Å². The molecule has 0 spiro atoms. The van der Waals surface area contributed by atoms with Crippen LogP contribution in [0.4, 0.5) is 0 Å². The summed E-state index contributed by atoms with van der Waals surface area (Å²) in [6, 6.07) is 5.94. The number of carbonyl (C=O) groups is 2. The van der Waals surface area contributed by atoms with Crippen molar-refractivity contribution in [2.75, 3.05) is 20.2 Å². The van der Waals surface area contributed by atoms with E-state index in [1.165, 1.54) is 31.1 Å². The van der Waals surface area contributed by atoms with Gasteiger partial charge in [-0.2, -0.15) is 0 Å². The number of carbonyl (C=O) groups excluding carboxylic acids is 2. The third-order valence-electron chi connectivity index (χ3n) is 3.92. The van der Waals surface area contributed by atoms with Crippen LogP contribution < -0.4 is 0 Å². The Balaban J connectivity index is 2.17. The van der Waals surface area contributed by atoms with Gasteiger partial charge in [0, 0.05) is 12.1 Å². The molecule has 21 heavy (non-hydrogen) atoms. The molecule has 0 heterocycles. The zero-order valence-corrected chi connectivity index (χ0v) is 12.9. The van der Waals surface area contributed by atoms with Crippen molar-refractivity contribution in [1.82, 2.24) is 4.90 Å². The number of hydrogen-bond donors (Lipinski definition) is 0. The number of aryl methyl sites for hydroxylation is 2. The minimum Gasteiger partial charge on any atom is -0.468 e. The van der Waals surface area contributed by atoms with Gasteiger partial charge in [0.25, 0.3) is 5.91 Å². The smallest absolute Gasteiger partial charge is 0.325 e. The molecule has 1 aliphatic carbocycles. The average molecular weight is 289 g/mol. The van der Waals surface area contributed by atoms with Crippen molar-refractivity contribution < 1.29 is 14.3 Å². The Morgan fingerprint density at radius 2 is 1.90 bits per heavy atom. The molecule has 0 unspecified atom stereocenters. The summed E-state index contributed by atoms with van der Waals surface area (Å²) >= 11 is 0. The minimum absolute atomic E-state index is 0.0141. The monoisotopic (exact) mass is 289 g/mol. The summed E-state index contributed by atoms with van der Waals surface area (Å²) < 4.78 is 4.67. The van der Waals surface area contributed by atoms with Crippen molar-refractivity contribution in [3.63, 3.8) is 0 Å². The van der Waals surface area contributed by atoms with Crippen molar-refractivity contribution in [2.24, 2.45) is 0 Å². The molecule has 0 aromatic heterocycles. The van der Waals surface area contributed by atoms with Crippen LogP contribution in [0.5, 0.6) is 0 Å². The average Bonchev–Trinajstić information content (AvgIpc) is 2.53. The van der Waals surface area contributed by atoms with E-state index in [2.05, 4.69) is 10.8 Å². The number of methoxy groups -OCH3 is 1. The first-order chi connectivity index (χ1) is 10.2. The van der Waals surface area contributed by atoms with Crippen LogP contribution in [0.15, 0.2) is 18.2 Å². The van der Waals surface area contributed by atoms with E-state index in [4.69, 9.17) is 0 Å². The fraction of sp³-hybridized carbons (Fsp3) is 0.529. The molecule has 1 amide bonds. The number of ether oxygens (including phenoxy) is 1. The lowest BCUT2D eigenvalue weighted by Gasteiger charge is -2.22. The molecule has 4 heteroatoms. The highest BCUT2D eigenvalue weighted by Crippen LogP contribution is 2.22. The molecule has 0 radical (unpaired) electrons. The van der Waals surface area contributed by atoms with E-state index in [9.17, 15) is 9.59 Å². The number of nitrogens with zero attached hydrogens (tertiary/aromatic N) is 1. The maximum absolute atomic E-state index is 12.6. The summed E-state index contributed by atoms with van der Waals surface area (Å²) in [7, 11) is 1.34. The van der Waals surface area contributed by atoms with Crippen molar-refractivity contribution >= 4 is 11.9 Å². The fourth-order valence-corrected chi connectivity index (χ4v) is 2.79. The first-order valence-electron chi connectivity index (χ1n) is 7.63. The standard InChI is InChI=1S/C17H23NO3/c1-3-10-18(12-16(19)21-2)17(20)15-9-8-13-6-4-5-7-14(13)11-15/h8-9,11H,3-7,10,12H2,1-2H3. The summed E-state index contributed by atoms with van der Waals surface area (Å²) in [5, 5.41) is 0. The number of hydrogen-bond acceptors (Lipinski definition) is 3. The number of benzene rings is 1. The second-order valence-corrected chi connectivity index (χ2v) is 5.49. The second-order valence-electron chi connectivity index (χ2n) is 5.49. The van der Waals surface area contributed by atoms with Gasteiger partial charge < -0.3 is 9.64 Å². The maximum atomic E-state index is 12.6. The Bertz CT molecular complexity index is 525. The summed E-state index contributed by atoms with van der Waals surface area (Å²) in [6.07, 6.45) is 5.37. The van der Waals surface area contributed by atoms with Gasteiger partial charge in [0.15, 0.2) is 0 Å². The predicted molar refractivity (Wildman–Crippen MR) is 81.3 cm³/mol. The number of fused-ring (bicyclic) bond motifs is 1. The predicted octanol–water partition coefficient (Wildman–Crippen LogP) is 2.59. The van der Waals surface area contributed by atoms with Crippen molar-refractivity contribution in [3.8, 4) is 0 Å². The lowest BCUT2D eigenvalue weighted by molar-refractivity contribution is -0.141. The molecule has 1 aliphatic rings. The van der Waals surface area contributed by atoms with Crippen molar-refractivity contribution in [3.05, 3.63) is 34.9 Å². The van der Waals surface area contributed by atoms with Gasteiger partial charge in [-0.1, -0.05) is 13.0 Å². The first kappa shape index (κ1) is 15.5. The van der Waals surface area contributed by atoms with Gasteiger partial charge in [-0.25, -0.2) is 0 Å². The lowest BCUT2D eigenvalue weighted by Crippen LogP contribution is -2.36. The SMILES string of the molecule is CCCN(CC(=O)OC)C(=O)c1ccc2c(c1)CCCC2. The normalized spacial score (nSPS) is 13.4. The summed E-state index contributed by atoms with van der Waals surface area (Å²) in [6.45, 7) is 2.57. The van der Waals surface area contributed by atoms with Crippen LogP contribution in [-0.2, 0) is 22.4 Å². The summed E-state index contributed by atoms with van der Waals surface area (Å²) in [5.74, 6) is -0.467. The Labute approximate surface area is 126 Å². The fourth-order valence-electron chi connectivity index (χ4n) is 2.79. The van der Waals surface area contributed by atoms with Gasteiger partial charge in [0.05, 0.1) is 7.11 Å². The van der Waals surface area contributed by atoms with Gasteiger partial charge in [0.2, 0.25) is 0 Å². The number of rotatable bonds is 5. The van der Waals surface area contributed by atoms with Gasteiger partial charge in [-0.05, 0) is 55.4 Å². The third-order valence-corrected chi connectivity index (χ3v) is 3.92. The molecule has 1 aromatic carbocycles. The molecule has 0 aliphatic heterocycles. The highest BCUT2D eigenvalue weighted by atomic mass is 16.5. The van der Waals surface area contributed by atoms with Crippen molar-refractivity contribution in [2.45, 2.75) is 39.0 Å². The van der Waals surface area contributed by atoms with Gasteiger partial charge >= 0.3 is 5.97 Å².